The minimum absolute atomic E-state index is 0.000446. The normalized spacial score (nSPS) is 16.1. The summed E-state index contributed by atoms with van der Waals surface area (Å²) in [4.78, 5) is 32.0. The summed E-state index contributed by atoms with van der Waals surface area (Å²) >= 11 is 0. The van der Waals surface area contributed by atoms with Gasteiger partial charge in [-0.1, -0.05) is 26.8 Å². The predicted octanol–water partition coefficient (Wildman–Crippen LogP) is 1.66. The summed E-state index contributed by atoms with van der Waals surface area (Å²) in [5, 5.41) is 0. The van der Waals surface area contributed by atoms with E-state index in [1.165, 1.54) is 0 Å². The van der Waals surface area contributed by atoms with Gasteiger partial charge in [0, 0.05) is 32.6 Å². The molecule has 2 N–H and O–H groups in total. The van der Waals surface area contributed by atoms with Crippen LogP contribution in [0.3, 0.4) is 0 Å². The fourth-order valence-electron chi connectivity index (χ4n) is 2.70. The number of carbonyl (C=O) groups is 2. The summed E-state index contributed by atoms with van der Waals surface area (Å²) in [6.07, 6.45) is 1.45. The third-order valence-corrected chi connectivity index (χ3v) is 3.84. The Balaban J connectivity index is 2.02. The second-order valence-electron chi connectivity index (χ2n) is 7.20. The highest BCUT2D eigenvalue weighted by Gasteiger charge is 2.24. The van der Waals surface area contributed by atoms with Crippen molar-refractivity contribution in [3.05, 3.63) is 23.9 Å². The van der Waals surface area contributed by atoms with E-state index >= 15 is 0 Å². The maximum absolute atomic E-state index is 12.4. The van der Waals surface area contributed by atoms with Gasteiger partial charge in [-0.2, -0.15) is 0 Å². The zero-order valence-corrected chi connectivity index (χ0v) is 14.2. The van der Waals surface area contributed by atoms with E-state index in [1.807, 2.05) is 11.0 Å². The number of hydrogen-bond acceptors (Lipinski definition) is 4. The Labute approximate surface area is 137 Å². The van der Waals surface area contributed by atoms with Gasteiger partial charge in [0.25, 0.3) is 5.91 Å². The first-order chi connectivity index (χ1) is 10.8. The van der Waals surface area contributed by atoms with Gasteiger partial charge in [-0.05, 0) is 24.0 Å². The molecule has 1 aromatic heterocycles. The smallest absolute Gasteiger partial charge is 0.267 e. The molecule has 0 spiro atoms. The van der Waals surface area contributed by atoms with Crippen LogP contribution in [0.2, 0.25) is 0 Å². The van der Waals surface area contributed by atoms with Crippen LogP contribution < -0.4 is 10.6 Å². The van der Waals surface area contributed by atoms with Gasteiger partial charge in [-0.25, -0.2) is 4.98 Å². The Morgan fingerprint density at radius 1 is 1.17 bits per heavy atom. The molecule has 1 aromatic rings. The molecule has 2 rings (SSSR count). The van der Waals surface area contributed by atoms with Gasteiger partial charge >= 0.3 is 0 Å². The first kappa shape index (κ1) is 17.2. The van der Waals surface area contributed by atoms with Gasteiger partial charge in [0.15, 0.2) is 0 Å². The Kier molecular flexibility index (Phi) is 5.23. The summed E-state index contributed by atoms with van der Waals surface area (Å²) in [5.74, 6) is 0.424. The molecule has 0 unspecified atom stereocenters. The summed E-state index contributed by atoms with van der Waals surface area (Å²) in [6, 6.07) is 5.28. The van der Waals surface area contributed by atoms with Crippen molar-refractivity contribution in [3.63, 3.8) is 0 Å². The van der Waals surface area contributed by atoms with E-state index in [0.29, 0.717) is 19.5 Å². The molecule has 0 aliphatic carbocycles. The molecular formula is C17H26N4O2. The summed E-state index contributed by atoms with van der Waals surface area (Å²) < 4.78 is 0. The molecule has 2 heterocycles. The van der Waals surface area contributed by atoms with Crippen LogP contribution in [0.1, 0.15) is 44.1 Å². The summed E-state index contributed by atoms with van der Waals surface area (Å²) in [7, 11) is 0. The molecule has 126 valence electrons. The van der Waals surface area contributed by atoms with Crippen LogP contribution in [0, 0.1) is 5.41 Å². The third-order valence-electron chi connectivity index (χ3n) is 3.84. The molecule has 2 amide bonds. The Morgan fingerprint density at radius 2 is 1.91 bits per heavy atom. The van der Waals surface area contributed by atoms with E-state index in [1.54, 1.807) is 12.1 Å². The zero-order valence-electron chi connectivity index (χ0n) is 14.2. The second-order valence-corrected chi connectivity index (χ2v) is 7.20. The summed E-state index contributed by atoms with van der Waals surface area (Å²) in [6.45, 7) is 9.20. The molecule has 6 heteroatoms. The van der Waals surface area contributed by atoms with Gasteiger partial charge in [0.1, 0.15) is 11.5 Å². The highest BCUT2D eigenvalue weighted by molar-refractivity contribution is 5.91. The Hall–Kier alpha value is -2.11. The minimum Gasteiger partial charge on any atom is -0.364 e. The summed E-state index contributed by atoms with van der Waals surface area (Å²) in [5.41, 5.74) is 5.56. The van der Waals surface area contributed by atoms with Crippen LogP contribution in [0.15, 0.2) is 18.2 Å². The van der Waals surface area contributed by atoms with Crippen molar-refractivity contribution in [3.8, 4) is 0 Å². The minimum atomic E-state index is -0.524. The highest BCUT2D eigenvalue weighted by Crippen LogP contribution is 2.21. The third kappa shape index (κ3) is 4.94. The number of nitrogens with two attached hydrogens (primary N) is 1. The van der Waals surface area contributed by atoms with Crippen LogP contribution in [0.5, 0.6) is 0 Å². The fraction of sp³-hybridized carbons (Fsp3) is 0.588. The first-order valence-electron chi connectivity index (χ1n) is 8.06. The lowest BCUT2D eigenvalue weighted by Gasteiger charge is -2.26. The average molecular weight is 318 g/mol. The molecule has 1 saturated heterocycles. The number of carbonyl (C=O) groups excluding carboxylic acids is 2. The van der Waals surface area contributed by atoms with Crippen molar-refractivity contribution >= 4 is 17.6 Å². The zero-order chi connectivity index (χ0) is 17.0. The number of aromatic nitrogens is 1. The maximum Gasteiger partial charge on any atom is 0.267 e. The number of amides is 2. The van der Waals surface area contributed by atoms with Crippen LogP contribution >= 0.6 is 0 Å². The van der Waals surface area contributed by atoms with E-state index in [-0.39, 0.29) is 17.0 Å². The van der Waals surface area contributed by atoms with Gasteiger partial charge in [0.05, 0.1) is 0 Å². The van der Waals surface area contributed by atoms with E-state index in [9.17, 15) is 9.59 Å². The second kappa shape index (κ2) is 6.98. The standard InChI is InChI=1S/C17H26N4O2/c1-17(2,3)12-15(22)21-9-5-8-20(10-11-21)14-7-4-6-13(19-14)16(18)23/h4,6-7H,5,8-12H2,1-3H3,(H2,18,23). The maximum atomic E-state index is 12.4. The molecular weight excluding hydrogens is 292 g/mol. The SMILES string of the molecule is CC(C)(C)CC(=O)N1CCCN(c2cccc(C(N)=O)n2)CC1. The Morgan fingerprint density at radius 3 is 2.57 bits per heavy atom. The number of pyridine rings is 1. The highest BCUT2D eigenvalue weighted by atomic mass is 16.2. The molecule has 6 nitrogen and oxygen atoms in total. The van der Waals surface area contributed by atoms with Crippen molar-refractivity contribution in [2.24, 2.45) is 11.1 Å². The van der Waals surface area contributed by atoms with E-state index in [4.69, 9.17) is 5.73 Å². The van der Waals surface area contributed by atoms with Gasteiger partial charge in [-0.15, -0.1) is 0 Å². The van der Waals surface area contributed by atoms with Crippen molar-refractivity contribution < 1.29 is 9.59 Å². The molecule has 0 radical (unpaired) electrons. The number of nitrogens with zero attached hydrogens (tertiary/aromatic N) is 3. The van der Waals surface area contributed by atoms with Crippen LogP contribution in [-0.2, 0) is 4.79 Å². The van der Waals surface area contributed by atoms with Crippen LogP contribution in [-0.4, -0.2) is 47.9 Å². The number of rotatable bonds is 3. The van der Waals surface area contributed by atoms with Crippen molar-refractivity contribution in [1.82, 2.24) is 9.88 Å². The molecule has 0 aromatic carbocycles. The van der Waals surface area contributed by atoms with E-state index < -0.39 is 5.91 Å². The largest absolute Gasteiger partial charge is 0.364 e. The van der Waals surface area contributed by atoms with Crippen LogP contribution in [0.25, 0.3) is 0 Å². The van der Waals surface area contributed by atoms with Crippen molar-refractivity contribution in [2.75, 3.05) is 31.1 Å². The lowest BCUT2D eigenvalue weighted by molar-refractivity contribution is -0.132. The molecule has 0 atom stereocenters. The number of hydrogen-bond donors (Lipinski definition) is 1. The number of primary amides is 1. The van der Waals surface area contributed by atoms with E-state index in [0.717, 1.165) is 25.3 Å². The van der Waals surface area contributed by atoms with Gasteiger partial charge < -0.3 is 15.5 Å². The first-order valence-corrected chi connectivity index (χ1v) is 8.06. The molecule has 23 heavy (non-hydrogen) atoms. The van der Waals surface area contributed by atoms with Crippen molar-refractivity contribution in [2.45, 2.75) is 33.6 Å². The lowest BCUT2D eigenvalue weighted by atomic mass is 9.91. The molecule has 0 bridgehead atoms. The number of anilines is 1. The molecule has 1 aliphatic rings. The fourth-order valence-corrected chi connectivity index (χ4v) is 2.70. The molecule has 1 aliphatic heterocycles. The monoisotopic (exact) mass is 318 g/mol. The van der Waals surface area contributed by atoms with Gasteiger partial charge in [-0.3, -0.25) is 9.59 Å². The van der Waals surface area contributed by atoms with Gasteiger partial charge in [0.2, 0.25) is 5.91 Å². The Bertz CT molecular complexity index is 580. The van der Waals surface area contributed by atoms with E-state index in [2.05, 4.69) is 30.7 Å². The average Bonchev–Trinajstić information content (AvgIpc) is 2.71. The molecule has 1 fully saturated rings. The van der Waals surface area contributed by atoms with Crippen LogP contribution in [0.4, 0.5) is 5.82 Å². The predicted molar refractivity (Wildman–Crippen MR) is 90.2 cm³/mol. The lowest BCUT2D eigenvalue weighted by Crippen LogP contribution is -2.37. The quantitative estimate of drug-likeness (QED) is 0.919. The molecule has 0 saturated carbocycles. The van der Waals surface area contributed by atoms with Crippen molar-refractivity contribution in [1.29, 1.82) is 0 Å². The topological polar surface area (TPSA) is 79.5 Å².